The Morgan fingerprint density at radius 1 is 1.27 bits per heavy atom. The van der Waals surface area contributed by atoms with Gasteiger partial charge in [0.05, 0.1) is 0 Å². The smallest absolute Gasteiger partial charge is 0.139 e. The average Bonchev–Trinajstić information content (AvgIpc) is 2.66. The second-order valence-electron chi connectivity index (χ2n) is 3.59. The van der Waals surface area contributed by atoms with Crippen LogP contribution in [0.2, 0.25) is 0 Å². The molecule has 0 aliphatic heterocycles. The molecule has 0 fully saturated rings. The zero-order valence-electron chi connectivity index (χ0n) is 9.07. The fourth-order valence-electron chi connectivity index (χ4n) is 1.62. The molecule has 0 aliphatic rings. The first-order valence-electron chi connectivity index (χ1n) is 5.02. The summed E-state index contributed by atoms with van der Waals surface area (Å²) in [5.41, 5.74) is 2.44. The molecule has 0 bridgehead atoms. The molecule has 0 unspecified atom stereocenters. The molecule has 0 aliphatic carbocycles. The Labute approximate surface area is 89.8 Å². The van der Waals surface area contributed by atoms with E-state index in [9.17, 15) is 0 Å². The summed E-state index contributed by atoms with van der Waals surface area (Å²) in [6.45, 7) is 0.904. The molecule has 78 valence electrons. The first kappa shape index (κ1) is 9.93. The Morgan fingerprint density at radius 3 is 2.53 bits per heavy atom. The zero-order valence-corrected chi connectivity index (χ0v) is 9.07. The van der Waals surface area contributed by atoms with Crippen molar-refractivity contribution in [3.05, 3.63) is 42.2 Å². The Kier molecular flexibility index (Phi) is 2.83. The molecule has 1 aromatic heterocycles. The summed E-state index contributed by atoms with van der Waals surface area (Å²) in [4.78, 5) is 4.31. The highest BCUT2D eigenvalue weighted by Gasteiger charge is 2.02. The van der Waals surface area contributed by atoms with Gasteiger partial charge in [0.25, 0.3) is 0 Å². The molecule has 2 rings (SSSR count). The average molecular weight is 201 g/mol. The van der Waals surface area contributed by atoms with Crippen LogP contribution in [-0.2, 0) is 13.6 Å². The summed E-state index contributed by atoms with van der Waals surface area (Å²) >= 11 is 0. The van der Waals surface area contributed by atoms with Crippen LogP contribution >= 0.6 is 0 Å². The largest absolute Gasteiger partial charge is 0.334 e. The van der Waals surface area contributed by atoms with E-state index in [4.69, 9.17) is 0 Å². The van der Waals surface area contributed by atoms with Crippen molar-refractivity contribution in [1.29, 1.82) is 0 Å². The Hall–Kier alpha value is -1.61. The molecule has 2 aromatic rings. The summed E-state index contributed by atoms with van der Waals surface area (Å²) < 4.78 is 2.02. The van der Waals surface area contributed by atoms with Gasteiger partial charge in [0.15, 0.2) is 0 Å². The lowest BCUT2D eigenvalue weighted by Gasteiger charge is -2.03. The maximum atomic E-state index is 4.31. The van der Waals surface area contributed by atoms with Crippen molar-refractivity contribution in [3.63, 3.8) is 0 Å². The first-order chi connectivity index (χ1) is 7.31. The van der Waals surface area contributed by atoms with Gasteiger partial charge in [-0.3, -0.25) is 0 Å². The van der Waals surface area contributed by atoms with Crippen molar-refractivity contribution < 1.29 is 0 Å². The molecule has 1 N–H and O–H groups in total. The van der Waals surface area contributed by atoms with Gasteiger partial charge in [-0.15, -0.1) is 0 Å². The van der Waals surface area contributed by atoms with Gasteiger partial charge in [-0.05, 0) is 12.6 Å². The molecule has 0 amide bonds. The lowest BCUT2D eigenvalue weighted by molar-refractivity contribution is 0.818. The Bertz CT molecular complexity index is 428. The van der Waals surface area contributed by atoms with Gasteiger partial charge in [0.2, 0.25) is 0 Å². The molecule has 15 heavy (non-hydrogen) atoms. The van der Waals surface area contributed by atoms with E-state index in [0.29, 0.717) is 0 Å². The number of benzene rings is 1. The van der Waals surface area contributed by atoms with Crippen LogP contribution in [0.5, 0.6) is 0 Å². The zero-order chi connectivity index (χ0) is 10.7. The molecule has 0 spiro atoms. The van der Waals surface area contributed by atoms with Crippen LogP contribution in [0.15, 0.2) is 36.7 Å². The molecule has 3 heteroatoms. The summed E-state index contributed by atoms with van der Waals surface area (Å²) in [7, 11) is 3.95. The van der Waals surface area contributed by atoms with Crippen LogP contribution in [0.4, 0.5) is 0 Å². The number of rotatable bonds is 3. The summed E-state index contributed by atoms with van der Waals surface area (Å²) in [6, 6.07) is 8.46. The first-order valence-corrected chi connectivity index (χ1v) is 5.02. The lowest BCUT2D eigenvalue weighted by Crippen LogP contribution is -2.04. The third kappa shape index (κ3) is 2.07. The highest BCUT2D eigenvalue weighted by molar-refractivity contribution is 5.55. The second-order valence-corrected chi connectivity index (χ2v) is 3.59. The standard InChI is InChI=1S/C12H15N3/c1-13-9-10-3-5-11(6-4-10)12-14-7-8-15(12)2/h3-8,13H,9H2,1-2H3. The van der Waals surface area contributed by atoms with Gasteiger partial charge < -0.3 is 9.88 Å². The molecule has 0 saturated heterocycles. The van der Waals surface area contributed by atoms with Gasteiger partial charge in [-0.25, -0.2) is 4.98 Å². The number of aromatic nitrogens is 2. The summed E-state index contributed by atoms with van der Waals surface area (Å²) in [6.07, 6.45) is 3.77. The number of imidazole rings is 1. The highest BCUT2D eigenvalue weighted by Crippen LogP contribution is 2.16. The Balaban J connectivity index is 2.28. The molecule has 0 saturated carbocycles. The molecule has 1 heterocycles. The van der Waals surface area contributed by atoms with E-state index in [1.54, 1.807) is 0 Å². The van der Waals surface area contributed by atoms with Gasteiger partial charge in [-0.1, -0.05) is 24.3 Å². The van der Waals surface area contributed by atoms with E-state index in [0.717, 1.165) is 17.9 Å². The van der Waals surface area contributed by atoms with E-state index < -0.39 is 0 Å². The number of hydrogen-bond donors (Lipinski definition) is 1. The third-order valence-electron chi connectivity index (χ3n) is 2.41. The number of nitrogens with zero attached hydrogens (tertiary/aromatic N) is 2. The third-order valence-corrected chi connectivity index (χ3v) is 2.41. The molecular formula is C12H15N3. The monoisotopic (exact) mass is 201 g/mol. The van der Waals surface area contributed by atoms with Crippen LogP contribution in [0.1, 0.15) is 5.56 Å². The van der Waals surface area contributed by atoms with Gasteiger partial charge in [0, 0.05) is 31.5 Å². The Morgan fingerprint density at radius 2 is 2.00 bits per heavy atom. The van der Waals surface area contributed by atoms with Gasteiger partial charge in [0.1, 0.15) is 5.82 Å². The van der Waals surface area contributed by atoms with Crippen molar-refractivity contribution in [2.24, 2.45) is 7.05 Å². The van der Waals surface area contributed by atoms with E-state index in [1.807, 2.05) is 31.1 Å². The quantitative estimate of drug-likeness (QED) is 0.820. The van der Waals surface area contributed by atoms with E-state index in [-0.39, 0.29) is 0 Å². The van der Waals surface area contributed by atoms with Crippen LogP contribution < -0.4 is 5.32 Å². The van der Waals surface area contributed by atoms with Crippen molar-refractivity contribution in [3.8, 4) is 11.4 Å². The summed E-state index contributed by atoms with van der Waals surface area (Å²) in [5.74, 6) is 1.01. The minimum Gasteiger partial charge on any atom is -0.334 e. The predicted molar refractivity (Wildman–Crippen MR) is 61.4 cm³/mol. The van der Waals surface area contributed by atoms with Gasteiger partial charge in [-0.2, -0.15) is 0 Å². The van der Waals surface area contributed by atoms with Crippen LogP contribution in [0.25, 0.3) is 11.4 Å². The number of nitrogens with one attached hydrogen (secondary N) is 1. The SMILES string of the molecule is CNCc1ccc(-c2nccn2C)cc1. The van der Waals surface area contributed by atoms with Crippen molar-refractivity contribution >= 4 is 0 Å². The predicted octanol–water partition coefficient (Wildman–Crippen LogP) is 1.81. The second kappa shape index (κ2) is 4.28. The van der Waals surface area contributed by atoms with Crippen LogP contribution in [-0.4, -0.2) is 16.6 Å². The van der Waals surface area contributed by atoms with Gasteiger partial charge >= 0.3 is 0 Å². The molecule has 0 atom stereocenters. The maximum absolute atomic E-state index is 4.31. The molecular weight excluding hydrogens is 186 g/mol. The fourth-order valence-corrected chi connectivity index (χ4v) is 1.62. The highest BCUT2D eigenvalue weighted by atomic mass is 15.0. The maximum Gasteiger partial charge on any atom is 0.139 e. The number of aryl methyl sites for hydroxylation is 1. The topological polar surface area (TPSA) is 29.9 Å². The molecule has 1 aromatic carbocycles. The molecule has 0 radical (unpaired) electrons. The number of hydrogen-bond acceptors (Lipinski definition) is 2. The minimum atomic E-state index is 0.904. The van der Waals surface area contributed by atoms with Crippen molar-refractivity contribution in [1.82, 2.24) is 14.9 Å². The van der Waals surface area contributed by atoms with Crippen LogP contribution in [0.3, 0.4) is 0 Å². The van der Waals surface area contributed by atoms with E-state index in [1.165, 1.54) is 5.56 Å². The fraction of sp³-hybridized carbons (Fsp3) is 0.250. The van der Waals surface area contributed by atoms with Crippen molar-refractivity contribution in [2.45, 2.75) is 6.54 Å². The van der Waals surface area contributed by atoms with E-state index in [2.05, 4.69) is 34.6 Å². The van der Waals surface area contributed by atoms with Crippen LogP contribution in [0, 0.1) is 0 Å². The normalized spacial score (nSPS) is 10.5. The minimum absolute atomic E-state index is 0.904. The van der Waals surface area contributed by atoms with Crippen molar-refractivity contribution in [2.75, 3.05) is 7.05 Å². The lowest BCUT2D eigenvalue weighted by atomic mass is 10.1. The molecule has 3 nitrogen and oxygen atoms in total. The van der Waals surface area contributed by atoms with E-state index >= 15 is 0 Å². The summed E-state index contributed by atoms with van der Waals surface area (Å²) in [5, 5.41) is 3.13.